The van der Waals surface area contributed by atoms with Gasteiger partial charge in [0.2, 0.25) is 5.91 Å². The highest BCUT2D eigenvalue weighted by Crippen LogP contribution is 2.41. The average Bonchev–Trinajstić information content (AvgIpc) is 3.28. The number of carbonyl (C=O) groups is 3. The minimum Gasteiger partial charge on any atom is -0.297 e. The molecule has 168 valence electrons. The lowest BCUT2D eigenvalue weighted by Crippen LogP contribution is -2.50. The van der Waals surface area contributed by atoms with Gasteiger partial charge in [0.1, 0.15) is 0 Å². The van der Waals surface area contributed by atoms with Crippen LogP contribution in [0.5, 0.6) is 0 Å². The van der Waals surface area contributed by atoms with Crippen molar-refractivity contribution in [3.8, 4) is 0 Å². The molecule has 0 bridgehead atoms. The SMILES string of the molecule is O=C(NC(=O)[C@@H]1CCCN1CC(=O)C1(c2ccc(Cl)cc2)CCCCC1)c1ccccc1. The fourth-order valence-electron chi connectivity index (χ4n) is 5.16. The van der Waals surface area contributed by atoms with Crippen LogP contribution < -0.4 is 5.32 Å². The minimum atomic E-state index is -0.522. The third kappa shape index (κ3) is 4.79. The lowest BCUT2D eigenvalue weighted by atomic mass is 9.66. The number of rotatable bonds is 6. The Balaban J connectivity index is 1.47. The summed E-state index contributed by atoms with van der Waals surface area (Å²) in [6.07, 6.45) is 6.30. The Hall–Kier alpha value is -2.50. The first-order valence-electron chi connectivity index (χ1n) is 11.4. The van der Waals surface area contributed by atoms with Crippen LogP contribution in [0.25, 0.3) is 0 Å². The number of likely N-dealkylation sites (tertiary alicyclic amines) is 1. The van der Waals surface area contributed by atoms with Crippen LogP contribution in [0, 0.1) is 0 Å². The van der Waals surface area contributed by atoms with E-state index in [1.165, 1.54) is 0 Å². The van der Waals surface area contributed by atoms with Gasteiger partial charge < -0.3 is 0 Å². The molecule has 1 saturated heterocycles. The predicted molar refractivity (Wildman–Crippen MR) is 125 cm³/mol. The highest BCUT2D eigenvalue weighted by atomic mass is 35.5. The van der Waals surface area contributed by atoms with Gasteiger partial charge >= 0.3 is 0 Å². The predicted octanol–water partition coefficient (Wildman–Crippen LogP) is 4.53. The molecule has 2 aromatic carbocycles. The summed E-state index contributed by atoms with van der Waals surface area (Å²) < 4.78 is 0. The normalized spacial score (nSPS) is 20.6. The molecule has 1 aliphatic heterocycles. The molecule has 1 aliphatic carbocycles. The van der Waals surface area contributed by atoms with Gasteiger partial charge in [0.25, 0.3) is 5.91 Å². The Labute approximate surface area is 194 Å². The third-order valence-electron chi connectivity index (χ3n) is 6.92. The standard InChI is InChI=1S/C26H29ClN2O3/c27-21-13-11-20(12-14-21)26(15-5-2-6-16-26)23(30)18-29-17-7-10-22(29)25(32)28-24(31)19-8-3-1-4-9-19/h1,3-4,8-9,11-14,22H,2,5-7,10,15-18H2,(H,28,31,32)/t22-/m0/s1. The second-order valence-electron chi connectivity index (χ2n) is 8.89. The van der Waals surface area contributed by atoms with E-state index in [4.69, 9.17) is 11.6 Å². The fraction of sp³-hybridized carbons (Fsp3) is 0.423. The molecule has 0 aromatic heterocycles. The Kier molecular flexibility index (Phi) is 7.07. The average molecular weight is 453 g/mol. The molecular weight excluding hydrogens is 424 g/mol. The molecule has 0 radical (unpaired) electrons. The van der Waals surface area contributed by atoms with E-state index in [-0.39, 0.29) is 18.2 Å². The maximum absolute atomic E-state index is 13.7. The van der Waals surface area contributed by atoms with Crippen molar-refractivity contribution in [2.75, 3.05) is 13.1 Å². The van der Waals surface area contributed by atoms with Crippen LogP contribution in [0.1, 0.15) is 60.9 Å². The number of nitrogens with one attached hydrogen (secondary N) is 1. The topological polar surface area (TPSA) is 66.5 Å². The number of halogens is 1. The number of benzene rings is 2. The summed E-state index contributed by atoms with van der Waals surface area (Å²) in [4.78, 5) is 41.0. The zero-order valence-electron chi connectivity index (χ0n) is 18.2. The Morgan fingerprint density at radius 3 is 2.31 bits per heavy atom. The van der Waals surface area contributed by atoms with Crippen molar-refractivity contribution in [3.05, 3.63) is 70.7 Å². The highest BCUT2D eigenvalue weighted by Gasteiger charge is 2.43. The number of imide groups is 1. The summed E-state index contributed by atoms with van der Waals surface area (Å²) in [5.41, 5.74) is 0.947. The van der Waals surface area contributed by atoms with Gasteiger partial charge in [-0.2, -0.15) is 0 Å². The molecule has 1 saturated carbocycles. The van der Waals surface area contributed by atoms with E-state index in [1.807, 2.05) is 35.2 Å². The zero-order chi connectivity index (χ0) is 22.6. The smallest absolute Gasteiger partial charge is 0.257 e. The van der Waals surface area contributed by atoms with Gasteiger partial charge in [0.05, 0.1) is 18.0 Å². The van der Waals surface area contributed by atoms with Crippen LogP contribution >= 0.6 is 11.6 Å². The van der Waals surface area contributed by atoms with E-state index >= 15 is 0 Å². The first kappa shape index (κ1) is 22.7. The lowest BCUT2D eigenvalue weighted by Gasteiger charge is -2.38. The van der Waals surface area contributed by atoms with Crippen molar-refractivity contribution < 1.29 is 14.4 Å². The molecule has 1 heterocycles. The van der Waals surface area contributed by atoms with Crippen LogP contribution in [0.3, 0.4) is 0 Å². The first-order valence-corrected chi connectivity index (χ1v) is 11.8. The number of hydrogen-bond donors (Lipinski definition) is 1. The van der Waals surface area contributed by atoms with Crippen LogP contribution in [0.4, 0.5) is 0 Å². The van der Waals surface area contributed by atoms with Crippen molar-refractivity contribution >= 4 is 29.2 Å². The molecule has 2 amide bonds. The Morgan fingerprint density at radius 2 is 1.62 bits per heavy atom. The highest BCUT2D eigenvalue weighted by molar-refractivity contribution is 6.30. The number of nitrogens with zero attached hydrogens (tertiary/aromatic N) is 1. The van der Waals surface area contributed by atoms with E-state index < -0.39 is 17.4 Å². The second-order valence-corrected chi connectivity index (χ2v) is 9.32. The molecule has 1 N–H and O–H groups in total. The van der Waals surface area contributed by atoms with Crippen molar-refractivity contribution in [2.24, 2.45) is 0 Å². The molecule has 0 unspecified atom stereocenters. The first-order chi connectivity index (χ1) is 15.5. The number of Topliss-reactive ketones (excluding diaryl/α,β-unsaturated/α-hetero) is 1. The van der Waals surface area contributed by atoms with Gasteiger partial charge in [-0.05, 0) is 62.1 Å². The number of carbonyl (C=O) groups excluding carboxylic acids is 3. The van der Waals surface area contributed by atoms with Crippen LogP contribution in [0.15, 0.2) is 54.6 Å². The molecular formula is C26H29ClN2O3. The Morgan fingerprint density at radius 1 is 0.938 bits per heavy atom. The van der Waals surface area contributed by atoms with Gasteiger partial charge in [-0.3, -0.25) is 24.6 Å². The quantitative estimate of drug-likeness (QED) is 0.654. The van der Waals surface area contributed by atoms with Crippen molar-refractivity contribution in [2.45, 2.75) is 56.4 Å². The summed E-state index contributed by atoms with van der Waals surface area (Å²) in [5, 5.41) is 3.18. The van der Waals surface area contributed by atoms with Crippen LogP contribution in [0.2, 0.25) is 5.02 Å². The molecule has 1 atom stereocenters. The number of hydrogen-bond acceptors (Lipinski definition) is 4. The van der Waals surface area contributed by atoms with Crippen molar-refractivity contribution in [1.29, 1.82) is 0 Å². The Bertz CT molecular complexity index is 968. The molecule has 4 rings (SSSR count). The molecule has 2 aliphatic rings. The molecule has 2 aromatic rings. The van der Waals surface area contributed by atoms with Gasteiger partial charge in [0, 0.05) is 10.6 Å². The fourth-order valence-corrected chi connectivity index (χ4v) is 5.28. The summed E-state index contributed by atoms with van der Waals surface area (Å²) in [6.45, 7) is 0.903. The largest absolute Gasteiger partial charge is 0.297 e. The van der Waals surface area contributed by atoms with Crippen LogP contribution in [-0.4, -0.2) is 41.6 Å². The molecule has 2 fully saturated rings. The third-order valence-corrected chi connectivity index (χ3v) is 7.18. The van der Waals surface area contributed by atoms with E-state index in [0.29, 0.717) is 23.6 Å². The second kappa shape index (κ2) is 9.97. The number of amides is 2. The van der Waals surface area contributed by atoms with Gasteiger partial charge in [-0.25, -0.2) is 0 Å². The maximum Gasteiger partial charge on any atom is 0.257 e. The summed E-state index contributed by atoms with van der Waals surface area (Å²) in [5.74, 6) is -0.569. The van der Waals surface area contributed by atoms with E-state index in [9.17, 15) is 14.4 Å². The maximum atomic E-state index is 13.7. The molecule has 6 heteroatoms. The van der Waals surface area contributed by atoms with Crippen molar-refractivity contribution in [1.82, 2.24) is 10.2 Å². The number of ketones is 1. The lowest BCUT2D eigenvalue weighted by molar-refractivity contribution is -0.129. The molecule has 5 nitrogen and oxygen atoms in total. The monoisotopic (exact) mass is 452 g/mol. The molecule has 32 heavy (non-hydrogen) atoms. The van der Waals surface area contributed by atoms with Gasteiger partial charge in [0.15, 0.2) is 5.78 Å². The zero-order valence-corrected chi connectivity index (χ0v) is 18.9. The van der Waals surface area contributed by atoms with E-state index in [0.717, 1.165) is 44.1 Å². The van der Waals surface area contributed by atoms with E-state index in [1.54, 1.807) is 24.3 Å². The minimum absolute atomic E-state index is 0.161. The summed E-state index contributed by atoms with van der Waals surface area (Å²) in [6, 6.07) is 15.9. The van der Waals surface area contributed by atoms with Gasteiger partial charge in [-0.1, -0.05) is 61.2 Å². The summed E-state index contributed by atoms with van der Waals surface area (Å²) >= 11 is 6.09. The van der Waals surface area contributed by atoms with Gasteiger partial charge in [-0.15, -0.1) is 0 Å². The molecule has 0 spiro atoms. The summed E-state index contributed by atoms with van der Waals surface area (Å²) in [7, 11) is 0. The van der Waals surface area contributed by atoms with Crippen molar-refractivity contribution in [3.63, 3.8) is 0 Å². The van der Waals surface area contributed by atoms with Crippen LogP contribution in [-0.2, 0) is 15.0 Å². The van der Waals surface area contributed by atoms with E-state index in [2.05, 4.69) is 5.32 Å².